The molecular formula is C19H23NO2. The van der Waals surface area contributed by atoms with Gasteiger partial charge in [-0.3, -0.25) is 9.69 Å². The van der Waals surface area contributed by atoms with E-state index in [1.54, 1.807) is 0 Å². The summed E-state index contributed by atoms with van der Waals surface area (Å²) >= 11 is 0. The number of hydrogen-bond acceptors (Lipinski definition) is 3. The number of likely N-dealkylation sites (tertiary alicyclic amines) is 1. The smallest absolute Gasteiger partial charge is 0.134 e. The molecule has 2 bridgehead atoms. The number of carbonyl (C=O) groups is 1. The van der Waals surface area contributed by atoms with E-state index >= 15 is 0 Å². The third-order valence-corrected chi connectivity index (χ3v) is 6.24. The summed E-state index contributed by atoms with van der Waals surface area (Å²) in [5, 5.41) is 11.7. The molecule has 2 aliphatic carbocycles. The average Bonchev–Trinajstić information content (AvgIpc) is 2.51. The first-order valence-electron chi connectivity index (χ1n) is 8.28. The lowest BCUT2D eigenvalue weighted by Crippen LogP contribution is -2.73. The molecule has 1 saturated heterocycles. The van der Waals surface area contributed by atoms with Crippen LogP contribution in [0.5, 0.6) is 0 Å². The highest BCUT2D eigenvalue weighted by Gasteiger charge is 2.64. The summed E-state index contributed by atoms with van der Waals surface area (Å²) in [7, 11) is 0. The summed E-state index contributed by atoms with van der Waals surface area (Å²) in [6.45, 7) is 5.60. The van der Waals surface area contributed by atoms with Gasteiger partial charge in [0.1, 0.15) is 5.78 Å². The number of nitrogens with zero attached hydrogens (tertiary/aromatic N) is 1. The molecule has 22 heavy (non-hydrogen) atoms. The maximum Gasteiger partial charge on any atom is 0.134 e. The second-order valence-electron chi connectivity index (χ2n) is 7.13. The molecule has 3 atom stereocenters. The Hall–Kier alpha value is -1.45. The van der Waals surface area contributed by atoms with Crippen molar-refractivity contribution in [3.63, 3.8) is 0 Å². The quantitative estimate of drug-likeness (QED) is 0.851. The topological polar surface area (TPSA) is 40.5 Å². The summed E-state index contributed by atoms with van der Waals surface area (Å²) in [6.07, 6.45) is 5.26. The Balaban J connectivity index is 1.90. The number of rotatable bonds is 2. The number of ketones is 1. The van der Waals surface area contributed by atoms with E-state index < -0.39 is 5.60 Å². The molecule has 1 aromatic carbocycles. The van der Waals surface area contributed by atoms with Crippen LogP contribution in [0.1, 0.15) is 36.8 Å². The molecule has 1 saturated carbocycles. The molecule has 1 N–H and O–H groups in total. The lowest BCUT2D eigenvalue weighted by Gasteiger charge is -2.63. The van der Waals surface area contributed by atoms with Gasteiger partial charge in [0.05, 0.1) is 5.60 Å². The van der Waals surface area contributed by atoms with Crippen LogP contribution in [-0.2, 0) is 16.6 Å². The van der Waals surface area contributed by atoms with Crippen molar-refractivity contribution in [2.24, 2.45) is 0 Å². The van der Waals surface area contributed by atoms with E-state index in [0.717, 1.165) is 25.9 Å². The Morgan fingerprint density at radius 2 is 2.18 bits per heavy atom. The number of Topliss-reactive ketones (excluding diaryl/α,β-unsaturated/α-hetero) is 1. The number of hydrogen-bond donors (Lipinski definition) is 1. The molecular weight excluding hydrogens is 274 g/mol. The van der Waals surface area contributed by atoms with Gasteiger partial charge in [0.2, 0.25) is 0 Å². The summed E-state index contributed by atoms with van der Waals surface area (Å²) in [5.74, 6) is 0.303. The van der Waals surface area contributed by atoms with E-state index in [1.807, 2.05) is 12.1 Å². The lowest BCUT2D eigenvalue weighted by molar-refractivity contribution is -0.170. The Morgan fingerprint density at radius 3 is 3.00 bits per heavy atom. The van der Waals surface area contributed by atoms with Gasteiger partial charge in [-0.25, -0.2) is 0 Å². The second kappa shape index (κ2) is 4.77. The molecule has 0 spiro atoms. The molecule has 0 aromatic heterocycles. The van der Waals surface area contributed by atoms with Crippen LogP contribution in [0.15, 0.2) is 36.9 Å². The fourth-order valence-electron chi connectivity index (χ4n) is 5.25. The maximum atomic E-state index is 12.2. The Morgan fingerprint density at radius 1 is 1.36 bits per heavy atom. The van der Waals surface area contributed by atoms with Gasteiger partial charge in [-0.05, 0) is 36.9 Å². The fraction of sp³-hybridized carbons (Fsp3) is 0.526. The van der Waals surface area contributed by atoms with Crippen molar-refractivity contribution < 1.29 is 9.90 Å². The van der Waals surface area contributed by atoms with Crippen LogP contribution < -0.4 is 0 Å². The van der Waals surface area contributed by atoms with Gasteiger partial charge in [-0.15, -0.1) is 6.58 Å². The van der Waals surface area contributed by atoms with Crippen molar-refractivity contribution in [3.8, 4) is 0 Å². The zero-order chi connectivity index (χ0) is 15.4. The van der Waals surface area contributed by atoms with E-state index in [2.05, 4.69) is 29.7 Å². The van der Waals surface area contributed by atoms with E-state index in [9.17, 15) is 9.90 Å². The Kier molecular flexibility index (Phi) is 3.07. The van der Waals surface area contributed by atoms with Gasteiger partial charge in [0.15, 0.2) is 0 Å². The van der Waals surface area contributed by atoms with Crippen LogP contribution in [0.4, 0.5) is 0 Å². The molecule has 1 unspecified atom stereocenters. The van der Waals surface area contributed by atoms with Crippen LogP contribution >= 0.6 is 0 Å². The molecule has 2 fully saturated rings. The highest BCUT2D eigenvalue weighted by atomic mass is 16.3. The number of carbonyl (C=O) groups excluding carboxylic acids is 1. The first-order valence-corrected chi connectivity index (χ1v) is 8.28. The molecule has 1 aliphatic heterocycles. The van der Waals surface area contributed by atoms with Crippen molar-refractivity contribution in [2.45, 2.75) is 49.2 Å². The molecule has 3 nitrogen and oxygen atoms in total. The molecule has 4 rings (SSSR count). The molecule has 3 heteroatoms. The second-order valence-corrected chi connectivity index (χ2v) is 7.13. The van der Waals surface area contributed by atoms with Crippen LogP contribution in [0.3, 0.4) is 0 Å². The fourth-order valence-corrected chi connectivity index (χ4v) is 5.25. The predicted octanol–water partition coefficient (Wildman–Crippen LogP) is 2.22. The van der Waals surface area contributed by atoms with Gasteiger partial charge in [-0.2, -0.15) is 0 Å². The number of aliphatic hydroxyl groups is 1. The summed E-state index contributed by atoms with van der Waals surface area (Å²) in [6, 6.07) is 8.52. The minimum absolute atomic E-state index is 0.0993. The molecule has 116 valence electrons. The zero-order valence-corrected chi connectivity index (χ0v) is 12.9. The highest BCUT2D eigenvalue weighted by Crippen LogP contribution is 2.57. The average molecular weight is 297 g/mol. The third kappa shape index (κ3) is 1.67. The van der Waals surface area contributed by atoms with E-state index in [-0.39, 0.29) is 11.5 Å². The van der Waals surface area contributed by atoms with Crippen molar-refractivity contribution in [2.75, 3.05) is 13.1 Å². The SMILES string of the molecule is C=CCN1CC[C@]23CC(=O)CCC2(O)[C@H]1Cc1ccccc13. The molecule has 3 aliphatic rings. The van der Waals surface area contributed by atoms with Gasteiger partial charge in [0.25, 0.3) is 0 Å². The number of benzene rings is 1. The lowest BCUT2D eigenvalue weighted by atomic mass is 9.49. The summed E-state index contributed by atoms with van der Waals surface area (Å²) in [5.41, 5.74) is 1.37. The van der Waals surface area contributed by atoms with Crippen molar-refractivity contribution in [1.82, 2.24) is 4.90 Å². The first kappa shape index (κ1) is 14.2. The van der Waals surface area contributed by atoms with Gasteiger partial charge >= 0.3 is 0 Å². The zero-order valence-electron chi connectivity index (χ0n) is 12.9. The largest absolute Gasteiger partial charge is 0.387 e. The summed E-state index contributed by atoms with van der Waals surface area (Å²) in [4.78, 5) is 14.6. The summed E-state index contributed by atoms with van der Waals surface area (Å²) < 4.78 is 0. The monoisotopic (exact) mass is 297 g/mol. The normalized spacial score (nSPS) is 37.3. The molecule has 1 heterocycles. The van der Waals surface area contributed by atoms with E-state index in [1.165, 1.54) is 11.1 Å². The predicted molar refractivity (Wildman–Crippen MR) is 85.8 cm³/mol. The van der Waals surface area contributed by atoms with Crippen molar-refractivity contribution >= 4 is 5.78 Å². The van der Waals surface area contributed by atoms with Gasteiger partial charge < -0.3 is 5.11 Å². The number of piperidine rings is 1. The van der Waals surface area contributed by atoms with Crippen molar-refractivity contribution in [1.29, 1.82) is 0 Å². The maximum absolute atomic E-state index is 12.2. The van der Waals surface area contributed by atoms with Crippen LogP contribution in [0.2, 0.25) is 0 Å². The standard InChI is InChI=1S/C19H23NO2/c1-2-10-20-11-9-18-13-15(21)7-8-19(18,22)17(20)12-14-5-3-4-6-16(14)18/h2-6,17,22H,1,7-13H2/t17-,18-,19?/m1/s1. The Bertz CT molecular complexity index is 640. The minimum atomic E-state index is -0.781. The van der Waals surface area contributed by atoms with E-state index in [0.29, 0.717) is 25.0 Å². The van der Waals surface area contributed by atoms with Crippen LogP contribution in [0, 0.1) is 0 Å². The molecule has 0 radical (unpaired) electrons. The van der Waals surface area contributed by atoms with Gasteiger partial charge in [-0.1, -0.05) is 30.3 Å². The highest BCUT2D eigenvalue weighted by molar-refractivity contribution is 5.82. The third-order valence-electron chi connectivity index (χ3n) is 6.24. The first-order chi connectivity index (χ1) is 10.6. The molecule has 0 amide bonds. The Labute approximate surface area is 131 Å². The van der Waals surface area contributed by atoms with Crippen molar-refractivity contribution in [3.05, 3.63) is 48.0 Å². The van der Waals surface area contributed by atoms with Crippen LogP contribution in [0.25, 0.3) is 0 Å². The van der Waals surface area contributed by atoms with Crippen LogP contribution in [-0.4, -0.2) is 40.5 Å². The van der Waals surface area contributed by atoms with E-state index in [4.69, 9.17) is 0 Å². The molecule has 1 aromatic rings. The number of fused-ring (bicyclic) bond motifs is 1. The van der Waals surface area contributed by atoms with Gasteiger partial charge in [0, 0.05) is 30.8 Å². The minimum Gasteiger partial charge on any atom is -0.387 e.